The zero-order chi connectivity index (χ0) is 14.9. The Kier molecular flexibility index (Phi) is 6.54. The summed E-state index contributed by atoms with van der Waals surface area (Å²) in [6.07, 6.45) is 4.09. The highest BCUT2D eigenvalue weighted by Crippen LogP contribution is 2.15. The largest absolute Gasteiger partial charge is 0.492 e. The molecule has 1 unspecified atom stereocenters. The normalized spacial score (nSPS) is 18.2. The van der Waals surface area contributed by atoms with Gasteiger partial charge in [0.05, 0.1) is 6.54 Å². The second-order valence-corrected chi connectivity index (χ2v) is 5.77. The molecule has 0 spiro atoms. The minimum Gasteiger partial charge on any atom is -0.492 e. The van der Waals surface area contributed by atoms with Crippen LogP contribution in [0.3, 0.4) is 0 Å². The first-order valence-corrected chi connectivity index (χ1v) is 7.91. The molecule has 1 atom stereocenters. The third-order valence-corrected chi connectivity index (χ3v) is 3.86. The molecule has 1 aromatic carbocycles. The van der Waals surface area contributed by atoms with Crippen molar-refractivity contribution >= 4 is 5.91 Å². The highest BCUT2D eigenvalue weighted by Gasteiger charge is 2.14. The van der Waals surface area contributed by atoms with Gasteiger partial charge in [0.25, 0.3) is 0 Å². The third-order valence-electron chi connectivity index (χ3n) is 3.86. The van der Waals surface area contributed by atoms with Crippen molar-refractivity contribution in [3.8, 4) is 5.75 Å². The molecule has 21 heavy (non-hydrogen) atoms. The molecule has 0 radical (unpaired) electrons. The topological polar surface area (TPSA) is 50.4 Å². The lowest BCUT2D eigenvalue weighted by atomic mass is 9.94. The zero-order valence-corrected chi connectivity index (χ0v) is 12.9. The van der Waals surface area contributed by atoms with Crippen molar-refractivity contribution in [2.75, 3.05) is 26.2 Å². The molecule has 1 aromatic rings. The molecule has 4 nitrogen and oxygen atoms in total. The molecule has 1 aliphatic rings. The van der Waals surface area contributed by atoms with Gasteiger partial charge in [-0.05, 0) is 62.9 Å². The van der Waals surface area contributed by atoms with Gasteiger partial charge in [-0.2, -0.15) is 0 Å². The van der Waals surface area contributed by atoms with E-state index in [-0.39, 0.29) is 5.91 Å². The fourth-order valence-corrected chi connectivity index (χ4v) is 2.66. The van der Waals surface area contributed by atoms with E-state index < -0.39 is 0 Å². The summed E-state index contributed by atoms with van der Waals surface area (Å²) in [6.45, 7) is 5.30. The quantitative estimate of drug-likeness (QED) is 0.757. The van der Waals surface area contributed by atoms with Gasteiger partial charge in [-0.1, -0.05) is 12.1 Å². The Morgan fingerprint density at radius 3 is 3.14 bits per heavy atom. The molecule has 1 saturated heterocycles. The van der Waals surface area contributed by atoms with Gasteiger partial charge < -0.3 is 15.4 Å². The fraction of sp³-hybridized carbons (Fsp3) is 0.588. The Bertz CT molecular complexity index is 442. The van der Waals surface area contributed by atoms with E-state index in [4.69, 9.17) is 4.74 Å². The number of nitrogens with one attached hydrogen (secondary N) is 2. The van der Waals surface area contributed by atoms with Crippen LogP contribution in [0, 0.1) is 12.8 Å². The van der Waals surface area contributed by atoms with Crippen molar-refractivity contribution < 1.29 is 9.53 Å². The maximum Gasteiger partial charge on any atom is 0.220 e. The van der Waals surface area contributed by atoms with E-state index in [1.54, 1.807) is 0 Å². The van der Waals surface area contributed by atoms with E-state index in [9.17, 15) is 4.79 Å². The van der Waals surface area contributed by atoms with Crippen LogP contribution in [0.4, 0.5) is 0 Å². The molecule has 1 aliphatic heterocycles. The Morgan fingerprint density at radius 2 is 2.38 bits per heavy atom. The minimum atomic E-state index is 0.133. The van der Waals surface area contributed by atoms with Crippen LogP contribution in [-0.2, 0) is 4.79 Å². The minimum absolute atomic E-state index is 0.133. The molecular weight excluding hydrogens is 264 g/mol. The predicted octanol–water partition coefficient (Wildman–Crippen LogP) is 2.27. The van der Waals surface area contributed by atoms with Crippen molar-refractivity contribution in [2.24, 2.45) is 5.92 Å². The standard InChI is InChI=1S/C17H26N2O2/c1-14-4-2-6-16(12-14)21-11-10-19-17(20)8-7-15-5-3-9-18-13-15/h2,4,6,12,15,18H,3,5,7-11,13H2,1H3,(H,19,20). The smallest absolute Gasteiger partial charge is 0.220 e. The van der Waals surface area contributed by atoms with Gasteiger partial charge >= 0.3 is 0 Å². The zero-order valence-electron chi connectivity index (χ0n) is 12.9. The Balaban J connectivity index is 1.54. The first kappa shape index (κ1) is 15.8. The Hall–Kier alpha value is -1.55. The van der Waals surface area contributed by atoms with Crippen molar-refractivity contribution in [3.63, 3.8) is 0 Å². The van der Waals surface area contributed by atoms with Crippen molar-refractivity contribution in [2.45, 2.75) is 32.6 Å². The fourth-order valence-electron chi connectivity index (χ4n) is 2.66. The number of aryl methyl sites for hydroxylation is 1. The molecule has 4 heteroatoms. The van der Waals surface area contributed by atoms with Gasteiger partial charge in [0.2, 0.25) is 5.91 Å². The third kappa shape index (κ3) is 6.17. The molecule has 1 amide bonds. The van der Waals surface area contributed by atoms with Gasteiger partial charge in [-0.15, -0.1) is 0 Å². The molecule has 0 aliphatic carbocycles. The summed E-state index contributed by atoms with van der Waals surface area (Å²) >= 11 is 0. The first-order chi connectivity index (χ1) is 10.2. The van der Waals surface area contributed by atoms with Gasteiger partial charge in [-0.3, -0.25) is 4.79 Å². The highest BCUT2D eigenvalue weighted by atomic mass is 16.5. The lowest BCUT2D eigenvalue weighted by Crippen LogP contribution is -2.32. The molecule has 0 saturated carbocycles. The lowest BCUT2D eigenvalue weighted by Gasteiger charge is -2.22. The maximum absolute atomic E-state index is 11.8. The SMILES string of the molecule is Cc1cccc(OCCNC(=O)CCC2CCCNC2)c1. The van der Waals surface area contributed by atoms with Crippen LogP contribution >= 0.6 is 0 Å². The van der Waals surface area contributed by atoms with Crippen molar-refractivity contribution in [1.82, 2.24) is 10.6 Å². The number of piperidine rings is 1. The number of hydrogen-bond donors (Lipinski definition) is 2. The summed E-state index contributed by atoms with van der Waals surface area (Å²) in [5.41, 5.74) is 1.18. The number of rotatable bonds is 7. The summed E-state index contributed by atoms with van der Waals surface area (Å²) in [5.74, 6) is 1.65. The number of carbonyl (C=O) groups is 1. The van der Waals surface area contributed by atoms with Crippen LogP contribution < -0.4 is 15.4 Å². The van der Waals surface area contributed by atoms with E-state index in [0.717, 1.165) is 25.3 Å². The predicted molar refractivity (Wildman–Crippen MR) is 84.5 cm³/mol. The summed E-state index contributed by atoms with van der Waals surface area (Å²) in [5, 5.41) is 6.30. The molecule has 0 aromatic heterocycles. The Morgan fingerprint density at radius 1 is 1.48 bits per heavy atom. The van der Waals surface area contributed by atoms with Crippen molar-refractivity contribution in [1.29, 1.82) is 0 Å². The van der Waals surface area contributed by atoms with E-state index in [1.165, 1.54) is 18.4 Å². The van der Waals surface area contributed by atoms with Crippen LogP contribution in [-0.4, -0.2) is 32.1 Å². The van der Waals surface area contributed by atoms with Crippen molar-refractivity contribution in [3.05, 3.63) is 29.8 Å². The molecule has 1 fully saturated rings. The average Bonchev–Trinajstić information content (AvgIpc) is 2.51. The summed E-state index contributed by atoms with van der Waals surface area (Å²) < 4.78 is 5.61. The van der Waals surface area contributed by atoms with E-state index in [2.05, 4.69) is 10.6 Å². The van der Waals surface area contributed by atoms with E-state index in [1.807, 2.05) is 31.2 Å². The van der Waals surface area contributed by atoms with Gasteiger partial charge in [0.15, 0.2) is 0 Å². The van der Waals surface area contributed by atoms with Gasteiger partial charge in [0.1, 0.15) is 12.4 Å². The van der Waals surface area contributed by atoms with Crippen LogP contribution in [0.1, 0.15) is 31.2 Å². The molecule has 2 rings (SSSR count). The van der Waals surface area contributed by atoms with Gasteiger partial charge in [0, 0.05) is 6.42 Å². The Labute approximate surface area is 127 Å². The van der Waals surface area contributed by atoms with E-state index in [0.29, 0.717) is 25.5 Å². The van der Waals surface area contributed by atoms with Gasteiger partial charge in [-0.25, -0.2) is 0 Å². The lowest BCUT2D eigenvalue weighted by molar-refractivity contribution is -0.121. The summed E-state index contributed by atoms with van der Waals surface area (Å²) in [4.78, 5) is 11.8. The molecule has 1 heterocycles. The molecule has 116 valence electrons. The summed E-state index contributed by atoms with van der Waals surface area (Å²) in [6, 6.07) is 7.94. The van der Waals surface area contributed by atoms with Crippen LogP contribution in [0.15, 0.2) is 24.3 Å². The molecule has 0 bridgehead atoms. The van der Waals surface area contributed by atoms with Crippen LogP contribution in [0.5, 0.6) is 5.75 Å². The summed E-state index contributed by atoms with van der Waals surface area (Å²) in [7, 11) is 0. The average molecular weight is 290 g/mol. The number of amides is 1. The van der Waals surface area contributed by atoms with Crippen LogP contribution in [0.2, 0.25) is 0 Å². The number of ether oxygens (including phenoxy) is 1. The van der Waals surface area contributed by atoms with E-state index >= 15 is 0 Å². The monoisotopic (exact) mass is 290 g/mol. The maximum atomic E-state index is 11.8. The highest BCUT2D eigenvalue weighted by molar-refractivity contribution is 5.75. The second-order valence-electron chi connectivity index (χ2n) is 5.77. The number of carbonyl (C=O) groups excluding carboxylic acids is 1. The number of benzene rings is 1. The van der Waals surface area contributed by atoms with Crippen LogP contribution in [0.25, 0.3) is 0 Å². The number of hydrogen-bond acceptors (Lipinski definition) is 3. The first-order valence-electron chi connectivity index (χ1n) is 7.91. The molecular formula is C17H26N2O2. The second kappa shape index (κ2) is 8.67. The molecule has 2 N–H and O–H groups in total.